The molecule has 0 heterocycles. The highest BCUT2D eigenvalue weighted by molar-refractivity contribution is 5.34. The fourth-order valence-electron chi connectivity index (χ4n) is 2.22. The summed E-state index contributed by atoms with van der Waals surface area (Å²) < 4.78 is 26.7. The van der Waals surface area contributed by atoms with Gasteiger partial charge in [0.1, 0.15) is 11.6 Å². The first-order valence-corrected chi connectivity index (χ1v) is 6.36. The van der Waals surface area contributed by atoms with Crippen molar-refractivity contribution in [3.05, 3.63) is 70.8 Å². The van der Waals surface area contributed by atoms with Gasteiger partial charge in [0.25, 0.3) is 0 Å². The van der Waals surface area contributed by atoms with Crippen molar-refractivity contribution in [1.29, 1.82) is 0 Å². The first kappa shape index (κ1) is 13.7. The maximum Gasteiger partial charge on any atom is 0.126 e. The van der Waals surface area contributed by atoms with E-state index in [0.717, 1.165) is 23.7 Å². The Morgan fingerprint density at radius 3 is 2.26 bits per heavy atom. The molecular formula is C16H17F2N. The molecule has 2 aromatic carbocycles. The van der Waals surface area contributed by atoms with Gasteiger partial charge in [-0.2, -0.15) is 0 Å². The van der Waals surface area contributed by atoms with Crippen LogP contribution in [0.4, 0.5) is 8.78 Å². The Labute approximate surface area is 112 Å². The zero-order chi connectivity index (χ0) is 13.8. The second-order valence-corrected chi connectivity index (χ2v) is 4.61. The van der Waals surface area contributed by atoms with Gasteiger partial charge in [-0.05, 0) is 36.7 Å². The van der Waals surface area contributed by atoms with Crippen LogP contribution in [0.15, 0.2) is 42.5 Å². The van der Waals surface area contributed by atoms with E-state index in [1.807, 2.05) is 38.1 Å². The first-order valence-electron chi connectivity index (χ1n) is 6.36. The van der Waals surface area contributed by atoms with Crippen molar-refractivity contribution >= 4 is 0 Å². The smallest absolute Gasteiger partial charge is 0.126 e. The third-order valence-corrected chi connectivity index (χ3v) is 3.00. The Morgan fingerprint density at radius 2 is 1.68 bits per heavy atom. The minimum atomic E-state index is -0.550. The Morgan fingerprint density at radius 1 is 1.00 bits per heavy atom. The van der Waals surface area contributed by atoms with Crippen molar-refractivity contribution in [3.63, 3.8) is 0 Å². The highest BCUT2D eigenvalue weighted by Crippen LogP contribution is 2.24. The average Bonchev–Trinajstić information content (AvgIpc) is 2.34. The van der Waals surface area contributed by atoms with Gasteiger partial charge in [0.15, 0.2) is 0 Å². The SMILES string of the molecule is CCNC(c1cccc(C)c1)c1cc(F)cc(F)c1. The molecule has 2 aromatic rings. The van der Waals surface area contributed by atoms with E-state index < -0.39 is 11.6 Å². The van der Waals surface area contributed by atoms with Gasteiger partial charge in [0.05, 0.1) is 6.04 Å². The molecule has 3 heteroatoms. The number of rotatable bonds is 4. The molecule has 0 bridgehead atoms. The average molecular weight is 261 g/mol. The topological polar surface area (TPSA) is 12.0 Å². The van der Waals surface area contributed by atoms with E-state index in [0.29, 0.717) is 5.56 Å². The minimum absolute atomic E-state index is 0.199. The summed E-state index contributed by atoms with van der Waals surface area (Å²) >= 11 is 0. The Kier molecular flexibility index (Phi) is 4.27. The van der Waals surface area contributed by atoms with Crippen LogP contribution < -0.4 is 5.32 Å². The number of benzene rings is 2. The zero-order valence-corrected chi connectivity index (χ0v) is 11.1. The highest BCUT2D eigenvalue weighted by Gasteiger charge is 2.15. The van der Waals surface area contributed by atoms with E-state index in [9.17, 15) is 8.78 Å². The second kappa shape index (κ2) is 5.93. The van der Waals surface area contributed by atoms with Crippen molar-refractivity contribution in [1.82, 2.24) is 5.32 Å². The highest BCUT2D eigenvalue weighted by atomic mass is 19.1. The molecule has 1 unspecified atom stereocenters. The van der Waals surface area contributed by atoms with Crippen molar-refractivity contribution < 1.29 is 8.78 Å². The number of hydrogen-bond acceptors (Lipinski definition) is 1. The van der Waals surface area contributed by atoms with Gasteiger partial charge in [-0.25, -0.2) is 8.78 Å². The van der Waals surface area contributed by atoms with Gasteiger partial charge >= 0.3 is 0 Å². The molecule has 0 saturated heterocycles. The second-order valence-electron chi connectivity index (χ2n) is 4.61. The summed E-state index contributed by atoms with van der Waals surface area (Å²) in [6.07, 6.45) is 0. The van der Waals surface area contributed by atoms with E-state index >= 15 is 0 Å². The van der Waals surface area contributed by atoms with Crippen molar-refractivity contribution in [3.8, 4) is 0 Å². The molecule has 1 nitrogen and oxygen atoms in total. The van der Waals surface area contributed by atoms with Gasteiger partial charge in [-0.15, -0.1) is 0 Å². The summed E-state index contributed by atoms with van der Waals surface area (Å²) in [5.74, 6) is -1.10. The molecule has 0 aromatic heterocycles. The van der Waals surface area contributed by atoms with Crippen LogP contribution in [0.3, 0.4) is 0 Å². The van der Waals surface area contributed by atoms with Crippen LogP contribution in [0.5, 0.6) is 0 Å². The summed E-state index contributed by atoms with van der Waals surface area (Å²) in [6.45, 7) is 4.69. The summed E-state index contributed by atoms with van der Waals surface area (Å²) in [6, 6.07) is 11.4. The largest absolute Gasteiger partial charge is 0.307 e. The fourth-order valence-corrected chi connectivity index (χ4v) is 2.22. The van der Waals surface area contributed by atoms with Crippen LogP contribution >= 0.6 is 0 Å². The summed E-state index contributed by atoms with van der Waals surface area (Å²) in [5.41, 5.74) is 2.73. The molecule has 0 saturated carbocycles. The molecule has 0 aliphatic carbocycles. The third-order valence-electron chi connectivity index (χ3n) is 3.00. The Hall–Kier alpha value is -1.74. The summed E-state index contributed by atoms with van der Waals surface area (Å²) in [5, 5.41) is 3.26. The van der Waals surface area contributed by atoms with E-state index in [1.54, 1.807) is 0 Å². The molecule has 1 N–H and O–H groups in total. The number of aryl methyl sites for hydroxylation is 1. The van der Waals surface area contributed by atoms with E-state index in [4.69, 9.17) is 0 Å². The van der Waals surface area contributed by atoms with E-state index in [-0.39, 0.29) is 6.04 Å². The molecule has 19 heavy (non-hydrogen) atoms. The first-order chi connectivity index (χ1) is 9.10. The van der Waals surface area contributed by atoms with Crippen LogP contribution in [0.1, 0.15) is 29.7 Å². The van der Waals surface area contributed by atoms with Crippen LogP contribution in [-0.2, 0) is 0 Å². The molecule has 0 radical (unpaired) electrons. The van der Waals surface area contributed by atoms with Crippen LogP contribution in [0.2, 0.25) is 0 Å². The molecule has 0 spiro atoms. The quantitative estimate of drug-likeness (QED) is 0.878. The van der Waals surface area contributed by atoms with Gasteiger partial charge in [0.2, 0.25) is 0 Å². The van der Waals surface area contributed by atoms with E-state index in [2.05, 4.69) is 5.32 Å². The molecule has 1 atom stereocenters. The molecule has 0 fully saturated rings. The molecular weight excluding hydrogens is 244 g/mol. The van der Waals surface area contributed by atoms with Gasteiger partial charge < -0.3 is 5.32 Å². The minimum Gasteiger partial charge on any atom is -0.307 e. The van der Waals surface area contributed by atoms with Crippen LogP contribution in [0.25, 0.3) is 0 Å². The monoisotopic (exact) mass is 261 g/mol. The lowest BCUT2D eigenvalue weighted by Gasteiger charge is -2.19. The Balaban J connectivity index is 2.44. The van der Waals surface area contributed by atoms with Crippen molar-refractivity contribution in [2.45, 2.75) is 19.9 Å². The molecule has 0 aliphatic heterocycles. The molecule has 2 rings (SSSR count). The number of hydrogen-bond donors (Lipinski definition) is 1. The molecule has 100 valence electrons. The maximum absolute atomic E-state index is 13.4. The number of nitrogens with one attached hydrogen (secondary N) is 1. The van der Waals surface area contributed by atoms with Crippen LogP contribution in [-0.4, -0.2) is 6.54 Å². The predicted molar refractivity (Wildman–Crippen MR) is 73.1 cm³/mol. The van der Waals surface area contributed by atoms with Crippen LogP contribution in [0, 0.1) is 18.6 Å². The third kappa shape index (κ3) is 3.38. The lowest BCUT2D eigenvalue weighted by Crippen LogP contribution is -2.22. The molecule has 0 amide bonds. The van der Waals surface area contributed by atoms with Gasteiger partial charge in [-0.3, -0.25) is 0 Å². The van der Waals surface area contributed by atoms with E-state index in [1.165, 1.54) is 12.1 Å². The van der Waals surface area contributed by atoms with Gasteiger partial charge in [0, 0.05) is 6.07 Å². The lowest BCUT2D eigenvalue weighted by molar-refractivity contribution is 0.565. The molecule has 0 aliphatic rings. The summed E-state index contributed by atoms with van der Waals surface area (Å²) in [7, 11) is 0. The fraction of sp³-hybridized carbons (Fsp3) is 0.250. The zero-order valence-electron chi connectivity index (χ0n) is 11.1. The standard InChI is InChI=1S/C16H17F2N/c1-3-19-16(12-6-4-5-11(2)7-12)13-8-14(17)10-15(18)9-13/h4-10,16,19H,3H2,1-2H3. The maximum atomic E-state index is 13.4. The van der Waals surface area contributed by atoms with Crippen molar-refractivity contribution in [2.75, 3.05) is 6.54 Å². The normalized spacial score (nSPS) is 12.4. The van der Waals surface area contributed by atoms with Gasteiger partial charge in [-0.1, -0.05) is 36.8 Å². The Bertz CT molecular complexity index is 546. The lowest BCUT2D eigenvalue weighted by atomic mass is 9.97. The summed E-state index contributed by atoms with van der Waals surface area (Å²) in [4.78, 5) is 0. The predicted octanol–water partition coefficient (Wildman–Crippen LogP) is 3.97. The van der Waals surface area contributed by atoms with Crippen molar-refractivity contribution in [2.24, 2.45) is 0 Å². The number of halogens is 2.